The Morgan fingerprint density at radius 2 is 1.78 bits per heavy atom. The van der Waals surface area contributed by atoms with Crippen LogP contribution in [-0.2, 0) is 27.5 Å². The molecule has 3 rings (SSSR count). The molecule has 1 aliphatic heterocycles. The van der Waals surface area contributed by atoms with Crippen LogP contribution in [0.3, 0.4) is 0 Å². The van der Waals surface area contributed by atoms with Crippen molar-refractivity contribution in [1.29, 1.82) is 5.41 Å². The second-order valence-corrected chi connectivity index (χ2v) is 10.7. The number of hydrogen-bond donors (Lipinski definition) is 2. The van der Waals surface area contributed by atoms with Crippen LogP contribution in [0.2, 0.25) is 0 Å². The molecule has 0 saturated carbocycles. The van der Waals surface area contributed by atoms with Crippen LogP contribution in [0.4, 0.5) is 8.78 Å². The Hall–Kier alpha value is -3.05. The van der Waals surface area contributed by atoms with Crippen molar-refractivity contribution >= 4 is 20.7 Å². The molecule has 0 amide bonds. The van der Waals surface area contributed by atoms with Gasteiger partial charge in [0.25, 0.3) is 0 Å². The lowest BCUT2D eigenvalue weighted by Gasteiger charge is -2.14. The van der Waals surface area contributed by atoms with Crippen LogP contribution < -0.4 is 14.2 Å². The van der Waals surface area contributed by atoms with Gasteiger partial charge in [-0.1, -0.05) is 26.0 Å². The van der Waals surface area contributed by atoms with E-state index in [4.69, 9.17) is 10.1 Å². The number of ether oxygens (including phenoxy) is 3. The number of benzene rings is 2. The molecule has 0 unspecified atom stereocenters. The number of aliphatic hydroxyl groups is 1. The van der Waals surface area contributed by atoms with Gasteiger partial charge in [-0.15, -0.1) is 8.78 Å². The Balaban J connectivity index is 1.73. The summed E-state index contributed by atoms with van der Waals surface area (Å²) in [4.78, 5) is 11.8. The highest BCUT2D eigenvalue weighted by atomic mass is 32.2. The van der Waals surface area contributed by atoms with Crippen molar-refractivity contribution in [3.8, 4) is 17.2 Å². The van der Waals surface area contributed by atoms with Crippen LogP contribution in [0.25, 0.3) is 0 Å². The predicted octanol–water partition coefficient (Wildman–Crippen LogP) is 4.31. The maximum absolute atomic E-state index is 13.3. The molecule has 36 heavy (non-hydrogen) atoms. The number of carbonyl (C=O) groups is 1. The van der Waals surface area contributed by atoms with E-state index in [9.17, 15) is 27.1 Å². The molecule has 2 aromatic rings. The number of sulfone groups is 1. The van der Waals surface area contributed by atoms with E-state index in [0.717, 1.165) is 5.56 Å². The first kappa shape index (κ1) is 27.5. The van der Waals surface area contributed by atoms with Gasteiger partial charge in [0.1, 0.15) is 21.8 Å². The largest absolute Gasteiger partial charge is 0.586 e. The first-order valence-electron chi connectivity index (χ1n) is 11.5. The molecule has 0 fully saturated rings. The highest BCUT2D eigenvalue weighted by Crippen LogP contribution is 2.41. The Morgan fingerprint density at radius 1 is 1.11 bits per heavy atom. The second kappa shape index (κ2) is 10.9. The molecule has 1 atom stereocenters. The number of Topliss-reactive ketones (excluding diaryl/α,β-unsaturated/α-hetero) is 1. The number of ketones is 1. The summed E-state index contributed by atoms with van der Waals surface area (Å²) in [6.07, 6.45) is -4.02. The molecule has 11 heteroatoms. The molecule has 8 nitrogen and oxygen atoms in total. The monoisotopic (exact) mass is 525 g/mol. The molecule has 0 radical (unpaired) electrons. The third-order valence-corrected chi connectivity index (χ3v) is 7.31. The summed E-state index contributed by atoms with van der Waals surface area (Å²) >= 11 is 0. The number of rotatable bonds is 11. The quantitative estimate of drug-likeness (QED) is 0.331. The lowest BCUT2D eigenvalue weighted by atomic mass is 9.98. The number of hydrogen-bond acceptors (Lipinski definition) is 8. The molecule has 2 N–H and O–H groups in total. The van der Waals surface area contributed by atoms with Crippen molar-refractivity contribution in [1.82, 2.24) is 0 Å². The first-order chi connectivity index (χ1) is 16.8. The summed E-state index contributed by atoms with van der Waals surface area (Å²) < 4.78 is 67.1. The van der Waals surface area contributed by atoms with Crippen LogP contribution in [0.15, 0.2) is 41.3 Å². The number of nitrogens with one attached hydrogen (secondary N) is 1. The van der Waals surface area contributed by atoms with Crippen molar-refractivity contribution in [2.45, 2.75) is 63.7 Å². The molecular formula is C25H29F2NO7S. The normalized spacial score (nSPS) is 15.1. The predicted molar refractivity (Wildman–Crippen MR) is 128 cm³/mol. The van der Waals surface area contributed by atoms with E-state index in [1.54, 1.807) is 32.9 Å². The first-order valence-corrected chi connectivity index (χ1v) is 13.0. The minimum absolute atomic E-state index is 0.0821. The molecule has 0 aliphatic carbocycles. The molecule has 0 spiro atoms. The number of aliphatic hydroxyl groups excluding tert-OH is 1. The van der Waals surface area contributed by atoms with Crippen molar-refractivity contribution in [3.05, 3.63) is 47.5 Å². The topological polar surface area (TPSA) is 123 Å². The van der Waals surface area contributed by atoms with E-state index in [-0.39, 0.29) is 58.9 Å². The summed E-state index contributed by atoms with van der Waals surface area (Å²) in [7, 11) is -4.25. The molecule has 0 saturated heterocycles. The molecule has 0 aromatic heterocycles. The lowest BCUT2D eigenvalue weighted by molar-refractivity contribution is -0.286. The third kappa shape index (κ3) is 6.38. The van der Waals surface area contributed by atoms with E-state index in [0.29, 0.717) is 12.8 Å². The number of aryl methyl sites for hydroxylation is 1. The highest BCUT2D eigenvalue weighted by Gasteiger charge is 2.43. The van der Waals surface area contributed by atoms with Crippen molar-refractivity contribution < 1.29 is 41.3 Å². The summed E-state index contributed by atoms with van der Waals surface area (Å²) in [6, 6.07) is 8.35. The maximum Gasteiger partial charge on any atom is 0.586 e. The Labute approximate surface area is 208 Å². The average molecular weight is 526 g/mol. The Bertz CT molecular complexity index is 1240. The number of fused-ring (bicyclic) bond motifs is 1. The summed E-state index contributed by atoms with van der Waals surface area (Å²) in [6.45, 7) is 5.41. The molecule has 1 heterocycles. The standard InChI is InChI=1S/C25H29F2NO7S/c1-4-33-21-12-16(6-5-7-18(29)24(30)15(2)3)9-11-22(21)36(31,32)23(28)14-17-8-10-19-20(13-17)35-25(26,27)34-19/h8-13,15,24,28,30H,4-7,14H2,1-3H3/t24-/m0/s1. The van der Waals surface area contributed by atoms with Gasteiger partial charge < -0.3 is 19.3 Å². The van der Waals surface area contributed by atoms with Gasteiger partial charge in [-0.3, -0.25) is 10.2 Å². The second-order valence-electron chi connectivity index (χ2n) is 8.77. The molecular weight excluding hydrogens is 496 g/mol. The van der Waals surface area contributed by atoms with E-state index in [1.807, 2.05) is 0 Å². The van der Waals surface area contributed by atoms with Gasteiger partial charge in [-0.2, -0.15) is 0 Å². The van der Waals surface area contributed by atoms with Gasteiger partial charge in [-0.25, -0.2) is 8.42 Å². The fourth-order valence-corrected chi connectivity index (χ4v) is 4.95. The summed E-state index contributed by atoms with van der Waals surface area (Å²) in [5.74, 6) is -0.733. The molecule has 1 aliphatic rings. The van der Waals surface area contributed by atoms with Gasteiger partial charge >= 0.3 is 6.29 Å². The number of halogens is 2. The average Bonchev–Trinajstić information content (AvgIpc) is 3.11. The number of alkyl halides is 2. The zero-order valence-corrected chi connectivity index (χ0v) is 21.0. The van der Waals surface area contributed by atoms with Gasteiger partial charge in [-0.05, 0) is 61.1 Å². The zero-order valence-electron chi connectivity index (χ0n) is 20.2. The van der Waals surface area contributed by atoms with Gasteiger partial charge in [0, 0.05) is 12.8 Å². The fourth-order valence-electron chi connectivity index (χ4n) is 3.70. The fraction of sp³-hybridized carbons (Fsp3) is 0.440. The smallest absolute Gasteiger partial charge is 0.492 e. The SMILES string of the molecule is CCOc1cc(CCCC(=O)[C@@H](O)C(C)C)ccc1S(=O)(=O)C(=N)Cc1ccc2c(c1)OC(F)(F)O2. The van der Waals surface area contributed by atoms with Gasteiger partial charge in [0.15, 0.2) is 17.3 Å². The minimum Gasteiger partial charge on any atom is -0.492 e. The molecule has 0 bridgehead atoms. The van der Waals surface area contributed by atoms with Crippen LogP contribution in [0.5, 0.6) is 17.2 Å². The van der Waals surface area contributed by atoms with Crippen LogP contribution in [0, 0.1) is 11.3 Å². The third-order valence-electron chi connectivity index (χ3n) is 5.60. The minimum atomic E-state index is -4.25. The van der Waals surface area contributed by atoms with Gasteiger partial charge in [0.2, 0.25) is 9.84 Å². The highest BCUT2D eigenvalue weighted by molar-refractivity contribution is 8.06. The Kier molecular flexibility index (Phi) is 8.35. The van der Waals surface area contributed by atoms with Crippen molar-refractivity contribution in [2.75, 3.05) is 6.61 Å². The molecule has 196 valence electrons. The van der Waals surface area contributed by atoms with Crippen LogP contribution >= 0.6 is 0 Å². The van der Waals surface area contributed by atoms with Crippen LogP contribution in [0.1, 0.15) is 44.7 Å². The van der Waals surface area contributed by atoms with Crippen molar-refractivity contribution in [3.63, 3.8) is 0 Å². The zero-order chi connectivity index (χ0) is 26.7. The summed E-state index contributed by atoms with van der Waals surface area (Å²) in [5, 5.41) is 17.4. The Morgan fingerprint density at radius 3 is 2.44 bits per heavy atom. The van der Waals surface area contributed by atoms with Crippen LogP contribution in [-0.4, -0.2) is 43.4 Å². The van der Waals surface area contributed by atoms with Gasteiger partial charge in [0.05, 0.1) is 6.61 Å². The van der Waals surface area contributed by atoms with E-state index in [2.05, 4.69) is 9.47 Å². The van der Waals surface area contributed by atoms with E-state index < -0.39 is 27.3 Å². The number of carbonyl (C=O) groups excluding carboxylic acids is 1. The van der Waals surface area contributed by atoms with E-state index >= 15 is 0 Å². The molecule has 2 aromatic carbocycles. The maximum atomic E-state index is 13.3. The summed E-state index contributed by atoms with van der Waals surface area (Å²) in [5.41, 5.74) is 1.03. The van der Waals surface area contributed by atoms with Crippen molar-refractivity contribution in [2.24, 2.45) is 5.92 Å². The lowest BCUT2D eigenvalue weighted by Crippen LogP contribution is -2.25. The van der Waals surface area contributed by atoms with E-state index in [1.165, 1.54) is 24.3 Å².